The Bertz CT molecular complexity index is 716. The maximum Gasteiger partial charge on any atom is 0.261 e. The number of aromatic nitrogens is 1. The van der Waals surface area contributed by atoms with Gasteiger partial charge in [-0.3, -0.25) is 9.59 Å². The van der Waals surface area contributed by atoms with E-state index in [4.69, 9.17) is 4.74 Å². The number of aryl methyl sites for hydroxylation is 2. The first kappa shape index (κ1) is 15.2. The number of nitrogens with zero attached hydrogens (tertiary/aromatic N) is 1. The molecule has 4 nitrogen and oxygen atoms in total. The molecule has 21 heavy (non-hydrogen) atoms. The molecule has 0 radical (unpaired) electrons. The molecule has 0 fully saturated rings. The molecule has 1 heterocycles. The first-order valence-electron chi connectivity index (χ1n) is 6.84. The van der Waals surface area contributed by atoms with Crippen LogP contribution in [0.15, 0.2) is 35.1 Å². The summed E-state index contributed by atoms with van der Waals surface area (Å²) >= 11 is 0. The molecule has 0 bridgehead atoms. The molecule has 1 aromatic carbocycles. The minimum absolute atomic E-state index is 0.167. The molecule has 0 unspecified atom stereocenters. The highest BCUT2D eigenvalue weighted by molar-refractivity contribution is 5.76. The van der Waals surface area contributed by atoms with E-state index < -0.39 is 0 Å². The number of rotatable bonds is 5. The Morgan fingerprint density at radius 3 is 2.62 bits per heavy atom. The van der Waals surface area contributed by atoms with E-state index in [9.17, 15) is 9.59 Å². The summed E-state index contributed by atoms with van der Waals surface area (Å²) in [4.78, 5) is 23.3. The third-order valence-electron chi connectivity index (χ3n) is 3.52. The Morgan fingerprint density at radius 2 is 1.95 bits per heavy atom. The zero-order chi connectivity index (χ0) is 15.4. The Kier molecular flexibility index (Phi) is 4.70. The van der Waals surface area contributed by atoms with E-state index in [0.29, 0.717) is 19.4 Å². The molecule has 0 aliphatic rings. The van der Waals surface area contributed by atoms with E-state index in [0.717, 1.165) is 22.4 Å². The van der Waals surface area contributed by atoms with Gasteiger partial charge in [0.2, 0.25) is 0 Å². The Balaban J connectivity index is 2.67. The van der Waals surface area contributed by atoms with Gasteiger partial charge in [0.05, 0.1) is 17.9 Å². The molecular formula is C17H19NO3. The minimum Gasteiger partial charge on any atom is -0.383 e. The lowest BCUT2D eigenvalue weighted by molar-refractivity contribution is 0.112. The van der Waals surface area contributed by atoms with E-state index in [-0.39, 0.29) is 11.1 Å². The summed E-state index contributed by atoms with van der Waals surface area (Å²) in [6.45, 7) is 4.85. The van der Waals surface area contributed by atoms with Gasteiger partial charge in [-0.05, 0) is 37.6 Å². The Hall–Kier alpha value is -2.20. The van der Waals surface area contributed by atoms with Gasteiger partial charge < -0.3 is 9.30 Å². The van der Waals surface area contributed by atoms with Crippen LogP contribution in [-0.2, 0) is 11.3 Å². The molecule has 0 N–H and O–H groups in total. The van der Waals surface area contributed by atoms with Crippen LogP contribution in [0.4, 0.5) is 0 Å². The number of methoxy groups -OCH3 is 1. The maximum absolute atomic E-state index is 12.4. The van der Waals surface area contributed by atoms with Gasteiger partial charge >= 0.3 is 0 Å². The van der Waals surface area contributed by atoms with Gasteiger partial charge in [-0.25, -0.2) is 0 Å². The molecule has 0 aliphatic heterocycles. The molecule has 2 aromatic rings. The average Bonchev–Trinajstić information content (AvgIpc) is 2.48. The number of hydrogen-bond acceptors (Lipinski definition) is 3. The summed E-state index contributed by atoms with van der Waals surface area (Å²) in [5.41, 5.74) is 3.91. The summed E-state index contributed by atoms with van der Waals surface area (Å²) in [5, 5.41) is 0. The Labute approximate surface area is 124 Å². The van der Waals surface area contributed by atoms with E-state index in [1.165, 1.54) is 0 Å². The van der Waals surface area contributed by atoms with Gasteiger partial charge in [0.15, 0.2) is 6.29 Å². The normalized spacial score (nSPS) is 10.6. The topological polar surface area (TPSA) is 48.3 Å². The van der Waals surface area contributed by atoms with Gasteiger partial charge in [-0.1, -0.05) is 17.7 Å². The van der Waals surface area contributed by atoms with Crippen molar-refractivity contribution in [2.75, 3.05) is 13.7 Å². The van der Waals surface area contributed by atoms with Crippen molar-refractivity contribution in [3.63, 3.8) is 0 Å². The van der Waals surface area contributed by atoms with Crippen LogP contribution in [0.3, 0.4) is 0 Å². The highest BCUT2D eigenvalue weighted by Crippen LogP contribution is 2.23. The first-order chi connectivity index (χ1) is 10.1. The largest absolute Gasteiger partial charge is 0.383 e. The second kappa shape index (κ2) is 6.50. The Morgan fingerprint density at radius 1 is 1.19 bits per heavy atom. The minimum atomic E-state index is -0.277. The van der Waals surface area contributed by atoms with Crippen molar-refractivity contribution in [3.8, 4) is 11.3 Å². The number of carbonyl (C=O) groups excluding carboxylic acids is 1. The van der Waals surface area contributed by atoms with Crippen LogP contribution < -0.4 is 5.56 Å². The van der Waals surface area contributed by atoms with Gasteiger partial charge in [0.25, 0.3) is 5.56 Å². The van der Waals surface area contributed by atoms with E-state index in [1.807, 2.05) is 38.1 Å². The lowest BCUT2D eigenvalue weighted by Crippen LogP contribution is -2.26. The molecule has 0 spiro atoms. The fraction of sp³-hybridized carbons (Fsp3) is 0.294. The third kappa shape index (κ3) is 3.11. The molecule has 2 rings (SSSR count). The molecular weight excluding hydrogens is 266 g/mol. The molecule has 0 saturated heterocycles. The van der Waals surface area contributed by atoms with E-state index in [2.05, 4.69) is 0 Å². The van der Waals surface area contributed by atoms with Gasteiger partial charge in [0.1, 0.15) is 0 Å². The van der Waals surface area contributed by atoms with Crippen LogP contribution >= 0.6 is 0 Å². The van der Waals surface area contributed by atoms with Crippen LogP contribution in [-0.4, -0.2) is 24.6 Å². The van der Waals surface area contributed by atoms with Crippen LogP contribution in [0.1, 0.15) is 21.5 Å². The average molecular weight is 285 g/mol. The second-order valence-corrected chi connectivity index (χ2v) is 5.06. The lowest BCUT2D eigenvalue weighted by atomic mass is 10.0. The monoisotopic (exact) mass is 285 g/mol. The predicted molar refractivity (Wildman–Crippen MR) is 82.9 cm³/mol. The lowest BCUT2D eigenvalue weighted by Gasteiger charge is -2.15. The number of ether oxygens (including phenoxy) is 1. The molecule has 110 valence electrons. The van der Waals surface area contributed by atoms with Crippen LogP contribution in [0.2, 0.25) is 0 Å². The molecule has 1 aromatic heterocycles. The van der Waals surface area contributed by atoms with Crippen molar-refractivity contribution < 1.29 is 9.53 Å². The second-order valence-electron chi connectivity index (χ2n) is 5.06. The van der Waals surface area contributed by atoms with Gasteiger partial charge in [-0.15, -0.1) is 0 Å². The number of carbonyl (C=O) groups is 1. The SMILES string of the molecule is COCCn1c(-c2cc(C)ccc2C)ccc(C=O)c1=O. The van der Waals surface area contributed by atoms with Gasteiger partial charge in [0, 0.05) is 19.2 Å². The number of hydrogen-bond donors (Lipinski definition) is 0. The van der Waals surface area contributed by atoms with Crippen molar-refractivity contribution in [2.24, 2.45) is 0 Å². The molecule has 4 heteroatoms. The van der Waals surface area contributed by atoms with Crippen LogP contribution in [0.5, 0.6) is 0 Å². The van der Waals surface area contributed by atoms with Crippen molar-refractivity contribution >= 4 is 6.29 Å². The van der Waals surface area contributed by atoms with E-state index in [1.54, 1.807) is 17.7 Å². The summed E-state index contributed by atoms with van der Waals surface area (Å²) in [5.74, 6) is 0. The number of pyridine rings is 1. The van der Waals surface area contributed by atoms with E-state index >= 15 is 0 Å². The van der Waals surface area contributed by atoms with Crippen molar-refractivity contribution in [3.05, 3.63) is 57.4 Å². The summed E-state index contributed by atoms with van der Waals surface area (Å²) < 4.78 is 6.68. The van der Waals surface area contributed by atoms with Gasteiger partial charge in [-0.2, -0.15) is 0 Å². The summed E-state index contributed by atoms with van der Waals surface area (Å²) in [6, 6.07) is 9.52. The van der Waals surface area contributed by atoms with Crippen molar-refractivity contribution in [1.29, 1.82) is 0 Å². The molecule has 0 aliphatic carbocycles. The zero-order valence-electron chi connectivity index (χ0n) is 12.6. The fourth-order valence-corrected chi connectivity index (χ4v) is 2.34. The number of benzene rings is 1. The number of aldehydes is 1. The molecule has 0 saturated carbocycles. The molecule has 0 atom stereocenters. The van der Waals surface area contributed by atoms with Crippen molar-refractivity contribution in [1.82, 2.24) is 4.57 Å². The predicted octanol–water partition coefficient (Wildman–Crippen LogP) is 2.59. The fourth-order valence-electron chi connectivity index (χ4n) is 2.34. The standard InChI is InChI=1S/C17H19NO3/c1-12-4-5-13(2)15(10-12)16-7-6-14(11-19)17(20)18(16)8-9-21-3/h4-7,10-11H,8-9H2,1-3H3. The zero-order valence-corrected chi connectivity index (χ0v) is 12.6. The maximum atomic E-state index is 12.4. The highest BCUT2D eigenvalue weighted by Gasteiger charge is 2.12. The quantitative estimate of drug-likeness (QED) is 0.793. The van der Waals surface area contributed by atoms with Crippen molar-refractivity contribution in [2.45, 2.75) is 20.4 Å². The summed E-state index contributed by atoms with van der Waals surface area (Å²) in [6.07, 6.45) is 0.596. The third-order valence-corrected chi connectivity index (χ3v) is 3.52. The van der Waals surface area contributed by atoms with Crippen LogP contribution in [0.25, 0.3) is 11.3 Å². The first-order valence-corrected chi connectivity index (χ1v) is 6.84. The van der Waals surface area contributed by atoms with Crippen LogP contribution in [0, 0.1) is 13.8 Å². The molecule has 0 amide bonds. The smallest absolute Gasteiger partial charge is 0.261 e. The highest BCUT2D eigenvalue weighted by atomic mass is 16.5. The summed E-state index contributed by atoms with van der Waals surface area (Å²) in [7, 11) is 1.59.